The summed E-state index contributed by atoms with van der Waals surface area (Å²) in [5, 5.41) is 10.3. The van der Waals surface area contributed by atoms with Gasteiger partial charge in [-0.25, -0.2) is 0 Å². The second-order valence-electron chi connectivity index (χ2n) is 7.54. The van der Waals surface area contributed by atoms with Gasteiger partial charge in [-0.2, -0.15) is 0 Å². The number of rotatable bonds is 3. The third-order valence-corrected chi connectivity index (χ3v) is 3.51. The van der Waals surface area contributed by atoms with Crippen LogP contribution >= 0.6 is 0 Å². The summed E-state index contributed by atoms with van der Waals surface area (Å²) in [4.78, 5) is 11.4. The molecule has 1 aromatic rings. The molecule has 1 aromatic carbocycles. The summed E-state index contributed by atoms with van der Waals surface area (Å²) in [5.74, 6) is 0.0956. The number of carbonyl (C=O) groups is 1. The normalized spacial score (nSPS) is 12.3. The highest BCUT2D eigenvalue weighted by Gasteiger charge is 2.25. The van der Waals surface area contributed by atoms with E-state index in [-0.39, 0.29) is 23.4 Å². The Labute approximate surface area is 128 Å². The van der Waals surface area contributed by atoms with Gasteiger partial charge in [0.2, 0.25) is 0 Å². The summed E-state index contributed by atoms with van der Waals surface area (Å²) in [6.07, 6.45) is 0.370. The van der Waals surface area contributed by atoms with Crippen LogP contribution in [0.5, 0.6) is 5.75 Å². The molecule has 0 heterocycles. The smallest absolute Gasteiger partial charge is 0.305 e. The number of phenols is 1. The predicted molar refractivity (Wildman–Crippen MR) is 85.6 cm³/mol. The molecule has 0 spiro atoms. The van der Waals surface area contributed by atoms with Gasteiger partial charge in [0.15, 0.2) is 0 Å². The summed E-state index contributed by atoms with van der Waals surface area (Å²) in [6, 6.07) is 3.79. The van der Waals surface area contributed by atoms with Gasteiger partial charge in [0.25, 0.3) is 0 Å². The zero-order chi connectivity index (χ0) is 16.4. The molecule has 1 N–H and O–H groups in total. The fourth-order valence-electron chi connectivity index (χ4n) is 2.31. The van der Waals surface area contributed by atoms with Gasteiger partial charge >= 0.3 is 5.97 Å². The number of aromatic hydroxyl groups is 1. The molecule has 21 heavy (non-hydrogen) atoms. The van der Waals surface area contributed by atoms with Crippen molar-refractivity contribution in [3.05, 3.63) is 28.8 Å². The van der Waals surface area contributed by atoms with E-state index in [4.69, 9.17) is 4.74 Å². The molecule has 3 heteroatoms. The lowest BCUT2D eigenvalue weighted by atomic mass is 9.79. The Balaban J connectivity index is 3.32. The van der Waals surface area contributed by atoms with Crippen LogP contribution in [-0.4, -0.2) is 11.1 Å². The minimum atomic E-state index is -0.208. The zero-order valence-corrected chi connectivity index (χ0v) is 14.3. The number of phenolic OH excluding ortho intramolecular Hbond substituents is 1. The van der Waals surface area contributed by atoms with Crippen molar-refractivity contribution in [3.8, 4) is 5.75 Å². The fraction of sp³-hybridized carbons (Fsp3) is 0.611. The Morgan fingerprint density at radius 2 is 1.57 bits per heavy atom. The van der Waals surface area contributed by atoms with Crippen LogP contribution in [-0.2, 0) is 27.0 Å². The van der Waals surface area contributed by atoms with E-state index in [9.17, 15) is 9.90 Å². The molecule has 118 valence electrons. The third kappa shape index (κ3) is 4.48. The highest BCUT2D eigenvalue weighted by Crippen LogP contribution is 2.37. The minimum absolute atomic E-state index is 0.123. The molecule has 0 radical (unpaired) electrons. The first-order valence-corrected chi connectivity index (χ1v) is 7.49. The molecule has 0 amide bonds. The van der Waals surface area contributed by atoms with Crippen LogP contribution < -0.4 is 0 Å². The molecule has 0 bridgehead atoms. The molecular weight excluding hydrogens is 264 g/mol. The maximum Gasteiger partial charge on any atom is 0.305 e. The summed E-state index contributed by atoms with van der Waals surface area (Å²) in [6.45, 7) is 14.5. The van der Waals surface area contributed by atoms with E-state index < -0.39 is 0 Å². The van der Waals surface area contributed by atoms with Gasteiger partial charge in [-0.05, 0) is 39.7 Å². The van der Waals surface area contributed by atoms with Crippen molar-refractivity contribution in [3.63, 3.8) is 0 Å². The standard InChI is InChI=1S/C18H28O3/c1-8-16(20)21-11-12-9-14(18(5,6)7)15(19)10-13(12)17(2,3)4/h9-10,19H,8,11H2,1-7H3. The minimum Gasteiger partial charge on any atom is -0.508 e. The number of benzene rings is 1. The van der Waals surface area contributed by atoms with E-state index in [1.165, 1.54) is 0 Å². The van der Waals surface area contributed by atoms with E-state index in [1.807, 2.05) is 12.1 Å². The Kier molecular flexibility index (Phi) is 5.08. The highest BCUT2D eigenvalue weighted by molar-refractivity contribution is 5.69. The van der Waals surface area contributed by atoms with Crippen LogP contribution in [0.4, 0.5) is 0 Å². The summed E-state index contributed by atoms with van der Waals surface area (Å²) >= 11 is 0. The van der Waals surface area contributed by atoms with Crippen molar-refractivity contribution in [2.75, 3.05) is 0 Å². The molecule has 0 aliphatic heterocycles. The van der Waals surface area contributed by atoms with Crippen LogP contribution in [0.25, 0.3) is 0 Å². The third-order valence-electron chi connectivity index (χ3n) is 3.51. The molecule has 3 nitrogen and oxygen atoms in total. The van der Waals surface area contributed by atoms with Gasteiger partial charge in [0.1, 0.15) is 12.4 Å². The first-order valence-electron chi connectivity index (χ1n) is 7.49. The summed E-state index contributed by atoms with van der Waals surface area (Å²) < 4.78 is 5.30. The molecule has 0 fully saturated rings. The van der Waals surface area contributed by atoms with Crippen molar-refractivity contribution >= 4 is 5.97 Å². The predicted octanol–water partition coefficient (Wildman–Crippen LogP) is 4.44. The molecule has 1 rings (SSSR count). The maximum absolute atomic E-state index is 11.4. The number of esters is 1. The summed E-state index contributed by atoms with van der Waals surface area (Å²) in [5.41, 5.74) is 2.56. The molecule has 0 aliphatic carbocycles. The first-order chi connectivity index (χ1) is 9.46. The highest BCUT2D eigenvalue weighted by atomic mass is 16.5. The Bertz CT molecular complexity index is 516. The molecule has 0 aromatic heterocycles. The largest absolute Gasteiger partial charge is 0.508 e. The SMILES string of the molecule is CCC(=O)OCc1cc(C(C)(C)C)c(O)cc1C(C)(C)C. The molecule has 0 saturated heterocycles. The molecular formula is C18H28O3. The van der Waals surface area contributed by atoms with Crippen molar-refractivity contribution in [2.45, 2.75) is 72.3 Å². The van der Waals surface area contributed by atoms with Crippen molar-refractivity contribution in [2.24, 2.45) is 0 Å². The molecule has 0 unspecified atom stereocenters. The second kappa shape index (κ2) is 6.08. The van der Waals surface area contributed by atoms with Gasteiger partial charge in [-0.1, -0.05) is 48.5 Å². The van der Waals surface area contributed by atoms with Crippen molar-refractivity contribution in [1.82, 2.24) is 0 Å². The zero-order valence-electron chi connectivity index (χ0n) is 14.3. The van der Waals surface area contributed by atoms with Gasteiger partial charge in [0, 0.05) is 6.42 Å². The van der Waals surface area contributed by atoms with Crippen LogP contribution in [0.1, 0.15) is 71.6 Å². The lowest BCUT2D eigenvalue weighted by molar-refractivity contribution is -0.144. The quantitative estimate of drug-likeness (QED) is 0.838. The van der Waals surface area contributed by atoms with E-state index in [2.05, 4.69) is 41.5 Å². The molecule has 0 aliphatic rings. The average Bonchev–Trinajstić information content (AvgIpc) is 2.33. The molecule has 0 saturated carbocycles. The lowest BCUT2D eigenvalue weighted by Gasteiger charge is -2.27. The van der Waals surface area contributed by atoms with Crippen molar-refractivity contribution in [1.29, 1.82) is 0 Å². The summed E-state index contributed by atoms with van der Waals surface area (Å²) in [7, 11) is 0. The second-order valence-corrected chi connectivity index (χ2v) is 7.54. The number of hydrogen-bond acceptors (Lipinski definition) is 3. The van der Waals surface area contributed by atoms with Gasteiger partial charge in [0.05, 0.1) is 0 Å². The van der Waals surface area contributed by atoms with Crippen molar-refractivity contribution < 1.29 is 14.6 Å². The van der Waals surface area contributed by atoms with E-state index in [0.717, 1.165) is 16.7 Å². The van der Waals surface area contributed by atoms with E-state index >= 15 is 0 Å². The van der Waals surface area contributed by atoms with Crippen LogP contribution in [0.3, 0.4) is 0 Å². The van der Waals surface area contributed by atoms with E-state index in [1.54, 1.807) is 6.92 Å². The number of carbonyl (C=O) groups excluding carboxylic acids is 1. The monoisotopic (exact) mass is 292 g/mol. The van der Waals surface area contributed by atoms with Gasteiger partial charge in [-0.3, -0.25) is 4.79 Å². The fourth-order valence-corrected chi connectivity index (χ4v) is 2.31. The number of ether oxygens (including phenoxy) is 1. The van der Waals surface area contributed by atoms with Crippen LogP contribution in [0.15, 0.2) is 12.1 Å². The molecule has 0 atom stereocenters. The lowest BCUT2D eigenvalue weighted by Crippen LogP contribution is -2.19. The number of hydrogen-bond donors (Lipinski definition) is 1. The van der Waals surface area contributed by atoms with E-state index in [0.29, 0.717) is 12.2 Å². The topological polar surface area (TPSA) is 46.5 Å². The Morgan fingerprint density at radius 1 is 1.05 bits per heavy atom. The van der Waals surface area contributed by atoms with Crippen LogP contribution in [0.2, 0.25) is 0 Å². The average molecular weight is 292 g/mol. The Morgan fingerprint density at radius 3 is 2.00 bits per heavy atom. The van der Waals surface area contributed by atoms with Gasteiger partial charge < -0.3 is 9.84 Å². The first kappa shape index (κ1) is 17.5. The van der Waals surface area contributed by atoms with Crippen LogP contribution in [0, 0.1) is 0 Å². The maximum atomic E-state index is 11.4. The van der Waals surface area contributed by atoms with Gasteiger partial charge in [-0.15, -0.1) is 0 Å². The Hall–Kier alpha value is -1.51.